The minimum Gasteiger partial charge on any atom is -0.412 e. The molecule has 0 saturated carbocycles. The summed E-state index contributed by atoms with van der Waals surface area (Å²) >= 11 is 9.68. The third kappa shape index (κ3) is 56.9. The van der Waals surface area contributed by atoms with Crippen LogP contribution in [0.15, 0.2) is 12.7 Å². The van der Waals surface area contributed by atoms with E-state index in [1.54, 1.807) is 0 Å². The van der Waals surface area contributed by atoms with E-state index in [4.69, 9.17) is 11.0 Å². The van der Waals surface area contributed by atoms with Gasteiger partial charge in [-0.2, -0.15) is 37.0 Å². The molecule has 0 aromatic carbocycles. The second-order valence-electron chi connectivity index (χ2n) is 5.39. The van der Waals surface area contributed by atoms with Crippen LogP contribution >= 0.6 is 53.9 Å². The first-order valence-electron chi connectivity index (χ1n) is 10.3. The van der Waals surface area contributed by atoms with Crippen LogP contribution < -0.4 is 17.2 Å². The molecule has 1 atom stereocenters. The molecule has 0 spiro atoms. The van der Waals surface area contributed by atoms with Gasteiger partial charge in [-0.15, -0.1) is 6.58 Å². The Morgan fingerprint density at radius 2 is 1.69 bits per heavy atom. The third-order valence-corrected chi connectivity index (χ3v) is 5.22. The number of thioether (sulfide) groups is 1. The average molecular weight is 691 g/mol. The van der Waals surface area contributed by atoms with Crippen molar-refractivity contribution in [2.24, 2.45) is 5.73 Å². The van der Waals surface area contributed by atoms with Gasteiger partial charge in [0, 0.05) is 55.0 Å². The van der Waals surface area contributed by atoms with Gasteiger partial charge in [-0.1, -0.05) is 39.2 Å². The summed E-state index contributed by atoms with van der Waals surface area (Å²) in [7, 11) is -4.35. The molecule has 0 aromatic heterocycles. The summed E-state index contributed by atoms with van der Waals surface area (Å²) in [4.78, 5) is 0. The van der Waals surface area contributed by atoms with E-state index < -0.39 is 16.9 Å². The predicted molar refractivity (Wildman–Crippen MR) is 144 cm³/mol. The molecule has 1 aliphatic rings. The zero-order valence-electron chi connectivity index (χ0n) is 20.7. The maximum atomic E-state index is 9.60. The van der Waals surface area contributed by atoms with Gasteiger partial charge >= 0.3 is 16.9 Å². The molecule has 0 amide bonds. The Balaban J connectivity index is -0.0000000792. The second kappa shape index (κ2) is 48.8. The van der Waals surface area contributed by atoms with Crippen molar-refractivity contribution in [3.8, 4) is 0 Å². The van der Waals surface area contributed by atoms with Crippen molar-refractivity contribution in [2.75, 3.05) is 42.6 Å². The zero-order chi connectivity index (χ0) is 26.1. The summed E-state index contributed by atoms with van der Waals surface area (Å²) in [5, 5.41) is 14.6. The van der Waals surface area contributed by atoms with E-state index in [1.807, 2.05) is 17.8 Å². The molecule has 13 nitrogen and oxygen atoms in total. The first-order valence-corrected chi connectivity index (χ1v) is 15.0. The number of allylic oxidation sites excluding steroid dienone is 1. The van der Waals surface area contributed by atoms with Crippen LogP contribution in [0.3, 0.4) is 0 Å². The molecule has 214 valence electrons. The fourth-order valence-electron chi connectivity index (χ4n) is 1.06. The molecule has 0 aromatic rings. The summed E-state index contributed by atoms with van der Waals surface area (Å²) < 4.78 is 29.4. The van der Waals surface area contributed by atoms with Crippen molar-refractivity contribution < 1.29 is 86.4 Å². The molecular formula is C16H47N3O10P2S3Zr+4. The average Bonchev–Trinajstić information content (AvgIpc) is 3.60. The van der Waals surface area contributed by atoms with E-state index >= 15 is 0 Å². The monoisotopic (exact) mass is 689 g/mol. The van der Waals surface area contributed by atoms with Gasteiger partial charge in [0.15, 0.2) is 0 Å². The summed E-state index contributed by atoms with van der Waals surface area (Å²) in [6.07, 6.45) is 8.43. The van der Waals surface area contributed by atoms with Crippen molar-refractivity contribution in [1.29, 1.82) is 0 Å². The number of quaternary nitrogens is 2. The van der Waals surface area contributed by atoms with Gasteiger partial charge < -0.3 is 22.7 Å². The minimum atomic E-state index is -3.18. The van der Waals surface area contributed by atoms with Gasteiger partial charge in [-0.25, -0.2) is 5.26 Å². The van der Waals surface area contributed by atoms with Crippen LogP contribution in [0.2, 0.25) is 0 Å². The maximum absolute atomic E-state index is 9.60. The smallest absolute Gasteiger partial charge is 0.412 e. The van der Waals surface area contributed by atoms with Gasteiger partial charge in [-0.05, 0) is 28.2 Å². The van der Waals surface area contributed by atoms with Crippen LogP contribution in [0.5, 0.6) is 0 Å². The molecule has 35 heavy (non-hydrogen) atoms. The first kappa shape index (κ1) is 49.6. The van der Waals surface area contributed by atoms with E-state index in [2.05, 4.69) is 90.6 Å². The number of hydrogen-bond donors (Lipinski definition) is 6. The molecule has 0 bridgehead atoms. The summed E-state index contributed by atoms with van der Waals surface area (Å²) in [5.74, 6) is 4.27. The van der Waals surface area contributed by atoms with E-state index in [0.717, 1.165) is 31.0 Å². The Kier molecular flexibility index (Phi) is 69.2. The second-order valence-corrected chi connectivity index (χ2v) is 9.34. The van der Waals surface area contributed by atoms with E-state index in [0.29, 0.717) is 6.54 Å². The van der Waals surface area contributed by atoms with E-state index in [9.17, 15) is 4.57 Å². The van der Waals surface area contributed by atoms with Crippen LogP contribution in [-0.4, -0.2) is 53.4 Å². The van der Waals surface area contributed by atoms with Gasteiger partial charge in [0.2, 0.25) is 0 Å². The van der Waals surface area contributed by atoms with Gasteiger partial charge in [-0.3, -0.25) is 0 Å². The molecule has 1 aliphatic heterocycles. The van der Waals surface area contributed by atoms with Crippen LogP contribution in [0, 0.1) is 0 Å². The Bertz CT molecular complexity index is 367. The van der Waals surface area contributed by atoms with Crippen LogP contribution in [0.4, 0.5) is 0 Å². The quantitative estimate of drug-likeness (QED) is 0.0262. The maximum Gasteiger partial charge on any atom is 0.707 e. The van der Waals surface area contributed by atoms with Crippen molar-refractivity contribution >= 4 is 53.9 Å². The molecule has 11 N–H and O–H groups in total. The third-order valence-electron chi connectivity index (χ3n) is 2.47. The summed E-state index contributed by atoms with van der Waals surface area (Å²) in [5.41, 5.74) is 12.3. The molecule has 19 heteroatoms. The number of unbranched alkanes of at least 4 members (excludes halogenated alkanes) is 3. The molecule has 1 saturated heterocycles. The number of hydrogen-bond acceptors (Lipinski definition) is 13. The fourth-order valence-corrected chi connectivity index (χ4v) is 2.52. The van der Waals surface area contributed by atoms with Crippen molar-refractivity contribution in [2.45, 2.75) is 46.0 Å². The van der Waals surface area contributed by atoms with Crippen molar-refractivity contribution in [1.82, 2.24) is 0 Å². The summed E-state index contributed by atoms with van der Waals surface area (Å²) in [6, 6.07) is 0. The fraction of sp³-hybridized carbons (Fsp3) is 0.875. The normalized spacial score (nSPS) is 11.8. The van der Waals surface area contributed by atoms with Crippen LogP contribution in [0.25, 0.3) is 0 Å². The molecule has 1 heterocycles. The van der Waals surface area contributed by atoms with Crippen LogP contribution in [-0.2, 0) is 64.2 Å². The summed E-state index contributed by atoms with van der Waals surface area (Å²) in [6.45, 7) is 10.6. The van der Waals surface area contributed by atoms with Crippen LogP contribution in [0.1, 0.15) is 46.0 Å². The minimum absolute atomic E-state index is 0. The Labute approximate surface area is 246 Å². The van der Waals surface area contributed by atoms with E-state index in [-0.39, 0.29) is 31.7 Å². The Morgan fingerprint density at radius 1 is 1.11 bits per heavy atom. The number of rotatable bonds is 16. The number of nitrogens with two attached hydrogens (primary N) is 1. The van der Waals surface area contributed by atoms with Crippen molar-refractivity contribution in [3.05, 3.63) is 12.7 Å². The number of thiol groups is 2. The predicted octanol–water partition coefficient (Wildman–Crippen LogP) is 2.20. The van der Waals surface area contributed by atoms with Gasteiger partial charge in [0.25, 0.3) is 0 Å². The van der Waals surface area contributed by atoms with E-state index in [1.165, 1.54) is 37.2 Å². The Hall–Kier alpha value is 1.72. The zero-order valence-corrected chi connectivity index (χ0v) is 27.7. The molecule has 0 aliphatic carbocycles. The van der Waals surface area contributed by atoms with Gasteiger partial charge in [0.1, 0.15) is 0 Å². The molecule has 1 unspecified atom stereocenters. The topological polar surface area (TPSA) is 221 Å². The van der Waals surface area contributed by atoms with Gasteiger partial charge in [0.05, 0.1) is 36.5 Å². The standard InChI is InChI=1S/C7H17NS.C5H10.2C2H7NS.HO9P2.H2O.Zr/c1-2-3-4-6-9-7-5-8;1-3-5-4-2;2*3-1-2-4;1-3-6-11(8-9-11)7-4-5-10-2;;/h2-8H2,1H3;3H,1,4-5H2,2H3;2*4H,1-3H2;10H;1H2;/q;;;;+1;;/p+3. The van der Waals surface area contributed by atoms with Crippen molar-refractivity contribution in [3.63, 3.8) is 0 Å². The Morgan fingerprint density at radius 3 is 1.97 bits per heavy atom. The largest absolute Gasteiger partial charge is 0.707 e. The molecule has 1 rings (SSSR count). The molecular weight excluding hydrogens is 644 g/mol. The SMILES string of the molecule is C=CCCC.CCCCCSCC[NH3+].NCCS.O.O=[PH+]OOO[P+]1(OOO)OO1.[NH3+]CCS.[Zr]. The molecule has 0 radical (unpaired) electrons. The first-order chi connectivity index (χ1) is 16.0. The molecule has 1 fully saturated rings.